The third-order valence-corrected chi connectivity index (χ3v) is 7.70. The first kappa shape index (κ1) is 21.6. The highest BCUT2D eigenvalue weighted by Gasteiger charge is 2.25. The number of methoxy groups -OCH3 is 1. The predicted molar refractivity (Wildman–Crippen MR) is 123 cm³/mol. The van der Waals surface area contributed by atoms with E-state index in [-0.39, 0.29) is 17.1 Å². The number of fused-ring (bicyclic) bond motifs is 3. The smallest absolute Gasteiger partial charge is 0.339 e. The molecule has 0 aromatic carbocycles. The number of ketones is 1. The van der Waals surface area contributed by atoms with E-state index in [1.807, 2.05) is 0 Å². The Morgan fingerprint density at radius 2 is 2.13 bits per heavy atom. The fourth-order valence-corrected chi connectivity index (χ4v) is 6.28. The Bertz CT molecular complexity index is 1280. The third-order valence-electron chi connectivity index (χ3n) is 5.54. The quantitative estimate of drug-likeness (QED) is 0.190. The van der Waals surface area contributed by atoms with Gasteiger partial charge in [0.15, 0.2) is 10.9 Å². The molecular weight excluding hydrogens is 434 g/mol. The van der Waals surface area contributed by atoms with E-state index in [1.165, 1.54) is 23.7 Å². The molecule has 0 atom stereocenters. The molecule has 0 aliphatic heterocycles. The molecule has 9 heteroatoms. The van der Waals surface area contributed by atoms with Crippen molar-refractivity contribution in [2.24, 2.45) is 0 Å². The Hall–Kier alpha value is -2.65. The average Bonchev–Trinajstić information content (AvgIpc) is 3.41. The summed E-state index contributed by atoms with van der Waals surface area (Å²) in [5.74, 6) is -0.564. The summed E-state index contributed by atoms with van der Waals surface area (Å²) in [7, 11) is 1.31. The number of carbonyl (C=O) groups is 2. The van der Waals surface area contributed by atoms with Crippen LogP contribution in [-0.2, 0) is 24.1 Å². The van der Waals surface area contributed by atoms with Crippen molar-refractivity contribution in [3.63, 3.8) is 0 Å². The first-order chi connectivity index (χ1) is 14.9. The van der Waals surface area contributed by atoms with Gasteiger partial charge in [-0.25, -0.2) is 9.78 Å². The highest BCUT2D eigenvalue weighted by Crippen LogP contribution is 2.35. The number of rotatable bonds is 7. The second kappa shape index (κ2) is 8.47. The van der Waals surface area contributed by atoms with Crippen LogP contribution in [0, 0.1) is 13.8 Å². The topological polar surface area (TPSA) is 94.1 Å². The second-order valence-corrected chi connectivity index (χ2v) is 9.49. The average molecular weight is 458 g/mol. The summed E-state index contributed by atoms with van der Waals surface area (Å²) in [6.45, 7) is 7.54. The van der Waals surface area contributed by atoms with Crippen molar-refractivity contribution in [2.45, 2.75) is 44.8 Å². The fraction of sp³-hybridized carbons (Fsp3) is 0.364. The van der Waals surface area contributed by atoms with Crippen LogP contribution in [0.4, 0.5) is 0 Å². The summed E-state index contributed by atoms with van der Waals surface area (Å²) in [6.07, 6.45) is 4.64. The lowest BCUT2D eigenvalue weighted by molar-refractivity contribution is 0.0599. The van der Waals surface area contributed by atoms with Crippen LogP contribution in [0.25, 0.3) is 10.2 Å². The number of nitrogens with zero attached hydrogens (tertiary/aromatic N) is 2. The number of hydrogen-bond acceptors (Lipinski definition) is 7. The molecule has 0 fully saturated rings. The van der Waals surface area contributed by atoms with Crippen molar-refractivity contribution in [2.75, 3.05) is 12.9 Å². The van der Waals surface area contributed by atoms with Gasteiger partial charge >= 0.3 is 5.97 Å². The van der Waals surface area contributed by atoms with Crippen molar-refractivity contribution in [3.05, 3.63) is 56.0 Å². The molecule has 3 heterocycles. The number of allylic oxidation sites excluding steroid dienone is 1. The molecule has 1 aliphatic rings. The number of esters is 1. The number of carbonyl (C=O) groups excluding carboxylic acids is 2. The molecule has 162 valence electrons. The normalized spacial score (nSPS) is 12.9. The zero-order chi connectivity index (χ0) is 22.3. The molecule has 4 rings (SSSR count). The lowest BCUT2D eigenvalue weighted by Gasteiger charge is -2.10. The highest BCUT2D eigenvalue weighted by atomic mass is 32.2. The third kappa shape index (κ3) is 3.65. The van der Waals surface area contributed by atoms with Gasteiger partial charge in [0, 0.05) is 17.1 Å². The first-order valence-electron chi connectivity index (χ1n) is 9.96. The lowest BCUT2D eigenvalue weighted by Crippen LogP contribution is -2.23. The van der Waals surface area contributed by atoms with Crippen LogP contribution in [0.2, 0.25) is 0 Å². The summed E-state index contributed by atoms with van der Waals surface area (Å²) >= 11 is 2.80. The minimum absolute atomic E-state index is 0.0703. The molecule has 0 spiro atoms. The maximum atomic E-state index is 13.2. The van der Waals surface area contributed by atoms with Crippen molar-refractivity contribution in [1.82, 2.24) is 14.5 Å². The molecule has 0 bridgehead atoms. The monoisotopic (exact) mass is 457 g/mol. The SMILES string of the molecule is C=CCn1c(SCC(=O)c2[nH]c(C)c(C(=O)OC)c2C)nc2sc3c(c2c1=O)CCC3. The Labute approximate surface area is 187 Å². The minimum atomic E-state index is -0.476. The maximum absolute atomic E-state index is 13.2. The van der Waals surface area contributed by atoms with E-state index in [1.54, 1.807) is 35.8 Å². The summed E-state index contributed by atoms with van der Waals surface area (Å²) in [5, 5.41) is 1.22. The first-order valence-corrected chi connectivity index (χ1v) is 11.8. The van der Waals surface area contributed by atoms with Crippen molar-refractivity contribution in [1.29, 1.82) is 0 Å². The highest BCUT2D eigenvalue weighted by molar-refractivity contribution is 7.99. The molecule has 1 N–H and O–H groups in total. The summed E-state index contributed by atoms with van der Waals surface area (Å²) in [5.41, 5.74) is 2.98. The summed E-state index contributed by atoms with van der Waals surface area (Å²) in [6, 6.07) is 0. The van der Waals surface area contributed by atoms with Crippen molar-refractivity contribution in [3.8, 4) is 0 Å². The Morgan fingerprint density at radius 3 is 2.84 bits per heavy atom. The molecule has 0 saturated carbocycles. The molecule has 0 unspecified atom stereocenters. The summed E-state index contributed by atoms with van der Waals surface area (Å²) < 4.78 is 6.40. The molecule has 1 aliphatic carbocycles. The predicted octanol–water partition coefficient (Wildman–Crippen LogP) is 3.84. The number of aromatic amines is 1. The van der Waals surface area contributed by atoms with Crippen molar-refractivity contribution >= 4 is 45.1 Å². The van der Waals surface area contributed by atoms with E-state index in [9.17, 15) is 14.4 Å². The number of H-pyrrole nitrogens is 1. The number of aryl methyl sites for hydroxylation is 3. The molecule has 3 aromatic rings. The molecule has 0 saturated heterocycles. The van der Waals surface area contributed by atoms with E-state index >= 15 is 0 Å². The van der Waals surface area contributed by atoms with Gasteiger partial charge in [-0.05, 0) is 44.2 Å². The molecule has 0 radical (unpaired) electrons. The van der Waals surface area contributed by atoms with Crippen LogP contribution in [0.1, 0.15) is 49.0 Å². The van der Waals surface area contributed by atoms with Crippen LogP contribution in [0.15, 0.2) is 22.6 Å². The number of Topliss-reactive ketones (excluding diaryl/α,β-unsaturated/α-hetero) is 1. The number of ether oxygens (including phenoxy) is 1. The summed E-state index contributed by atoms with van der Waals surface area (Å²) in [4.78, 5) is 47.8. The number of thiophene rings is 1. The molecule has 0 amide bonds. The van der Waals surface area contributed by atoms with Crippen molar-refractivity contribution < 1.29 is 14.3 Å². The van der Waals surface area contributed by atoms with Crippen LogP contribution < -0.4 is 5.56 Å². The van der Waals surface area contributed by atoms with Crippen LogP contribution in [0.5, 0.6) is 0 Å². The van der Waals surface area contributed by atoms with Gasteiger partial charge in [-0.1, -0.05) is 17.8 Å². The zero-order valence-corrected chi connectivity index (χ0v) is 19.3. The number of aromatic nitrogens is 3. The van der Waals surface area contributed by atoms with Gasteiger partial charge in [-0.2, -0.15) is 0 Å². The number of hydrogen-bond donors (Lipinski definition) is 1. The van der Waals surface area contributed by atoms with Crippen LogP contribution in [0.3, 0.4) is 0 Å². The standard InChI is InChI=1S/C22H23N3O4S2/c1-5-9-25-20(27)17-13-7-6-8-15(13)31-19(17)24-22(25)30-10-14(26)18-11(2)16(12(3)23-18)21(28)29-4/h5,23H,1,6-10H2,2-4H3. The van der Waals surface area contributed by atoms with Crippen LogP contribution in [-0.4, -0.2) is 39.2 Å². The Morgan fingerprint density at radius 1 is 1.35 bits per heavy atom. The zero-order valence-electron chi connectivity index (χ0n) is 17.7. The van der Waals surface area contributed by atoms with Gasteiger partial charge in [0.25, 0.3) is 5.56 Å². The second-order valence-electron chi connectivity index (χ2n) is 7.46. The van der Waals surface area contributed by atoms with E-state index in [2.05, 4.69) is 11.6 Å². The van der Waals surface area contributed by atoms with E-state index in [4.69, 9.17) is 9.72 Å². The largest absolute Gasteiger partial charge is 0.465 e. The van der Waals surface area contributed by atoms with E-state index in [0.717, 1.165) is 29.7 Å². The van der Waals surface area contributed by atoms with Gasteiger partial charge in [0.2, 0.25) is 0 Å². The minimum Gasteiger partial charge on any atom is -0.465 e. The van der Waals surface area contributed by atoms with E-state index < -0.39 is 5.97 Å². The lowest BCUT2D eigenvalue weighted by atomic mass is 10.1. The fourth-order valence-electron chi connectivity index (χ4n) is 4.10. The number of nitrogens with one attached hydrogen (secondary N) is 1. The van der Waals surface area contributed by atoms with Gasteiger partial charge in [0.05, 0.1) is 29.5 Å². The van der Waals surface area contributed by atoms with Gasteiger partial charge in [0.1, 0.15) is 4.83 Å². The van der Waals surface area contributed by atoms with Gasteiger partial charge in [-0.15, -0.1) is 17.9 Å². The van der Waals surface area contributed by atoms with E-state index in [0.29, 0.717) is 39.6 Å². The maximum Gasteiger partial charge on any atom is 0.339 e. The Balaban J connectivity index is 1.66. The van der Waals surface area contributed by atoms with Gasteiger partial charge in [-0.3, -0.25) is 14.2 Å². The van der Waals surface area contributed by atoms with Gasteiger partial charge < -0.3 is 9.72 Å². The van der Waals surface area contributed by atoms with Crippen LogP contribution >= 0.6 is 23.1 Å². The molecule has 31 heavy (non-hydrogen) atoms. The molecule has 3 aromatic heterocycles. The molecule has 7 nitrogen and oxygen atoms in total. The molecular formula is C22H23N3O4S2. The Kier molecular flexibility index (Phi) is 5.90. The number of thioether (sulfide) groups is 1.